The van der Waals surface area contributed by atoms with Gasteiger partial charge in [0.15, 0.2) is 11.5 Å². The van der Waals surface area contributed by atoms with Crippen LogP contribution in [0.3, 0.4) is 0 Å². The molecule has 0 spiro atoms. The highest BCUT2D eigenvalue weighted by Gasteiger charge is 2.16. The van der Waals surface area contributed by atoms with Crippen molar-refractivity contribution in [2.45, 2.75) is 25.7 Å². The Kier molecular flexibility index (Phi) is 6.32. The summed E-state index contributed by atoms with van der Waals surface area (Å²) in [7, 11) is 4.72. The van der Waals surface area contributed by atoms with Crippen molar-refractivity contribution in [1.29, 1.82) is 0 Å². The zero-order valence-electron chi connectivity index (χ0n) is 14.1. The Morgan fingerprint density at radius 3 is 2.17 bits per heavy atom. The number of amides is 1. The Hall–Kier alpha value is -2.17. The van der Waals surface area contributed by atoms with Gasteiger partial charge in [0.05, 0.1) is 21.3 Å². The van der Waals surface area contributed by atoms with Gasteiger partial charge in [-0.25, -0.2) is 0 Å². The minimum Gasteiger partial charge on any atom is -0.493 e. The molecule has 0 saturated carbocycles. The number of likely N-dealkylation sites (tertiary alicyclic amines) is 1. The van der Waals surface area contributed by atoms with E-state index in [1.807, 2.05) is 11.0 Å². The van der Waals surface area contributed by atoms with E-state index in [4.69, 9.17) is 14.2 Å². The lowest BCUT2D eigenvalue weighted by Crippen LogP contribution is -2.30. The van der Waals surface area contributed by atoms with Crippen LogP contribution in [0.15, 0.2) is 18.2 Å². The summed E-state index contributed by atoms with van der Waals surface area (Å²) in [6.07, 6.45) is 7.95. The Labute approximate surface area is 137 Å². The van der Waals surface area contributed by atoms with Crippen molar-refractivity contribution in [3.05, 3.63) is 23.8 Å². The second kappa shape index (κ2) is 8.46. The molecule has 5 heteroatoms. The molecule has 1 amide bonds. The molecule has 0 aliphatic carbocycles. The summed E-state index contributed by atoms with van der Waals surface area (Å²) in [6, 6.07) is 3.66. The normalized spacial score (nSPS) is 15.3. The van der Waals surface area contributed by atoms with Crippen LogP contribution in [0, 0.1) is 0 Å². The van der Waals surface area contributed by atoms with Crippen molar-refractivity contribution in [3.8, 4) is 17.2 Å². The van der Waals surface area contributed by atoms with Crippen LogP contribution in [0.4, 0.5) is 0 Å². The number of hydrogen-bond acceptors (Lipinski definition) is 4. The van der Waals surface area contributed by atoms with Crippen molar-refractivity contribution >= 4 is 12.0 Å². The third-order valence-corrected chi connectivity index (χ3v) is 4.06. The fourth-order valence-corrected chi connectivity index (χ4v) is 2.81. The highest BCUT2D eigenvalue weighted by Crippen LogP contribution is 2.40. The van der Waals surface area contributed by atoms with Crippen LogP contribution in [0.1, 0.15) is 31.2 Å². The molecule has 1 aliphatic rings. The molecule has 23 heavy (non-hydrogen) atoms. The summed E-state index contributed by atoms with van der Waals surface area (Å²) in [4.78, 5) is 14.3. The van der Waals surface area contributed by atoms with Crippen LogP contribution >= 0.6 is 0 Å². The average Bonchev–Trinajstić information content (AvgIpc) is 2.87. The fourth-order valence-electron chi connectivity index (χ4n) is 2.81. The summed E-state index contributed by atoms with van der Waals surface area (Å²) in [5, 5.41) is 0. The standard InChI is InChI=1S/C18H25NO4/c1-21-15-10-8-14(17(22-2)18(15)23-3)9-11-16(20)19-12-6-4-5-7-13-19/h8-11H,4-7,12-13H2,1-3H3. The van der Waals surface area contributed by atoms with E-state index in [1.165, 1.54) is 12.8 Å². The van der Waals surface area contributed by atoms with Gasteiger partial charge in [-0.15, -0.1) is 0 Å². The zero-order valence-corrected chi connectivity index (χ0v) is 14.1. The van der Waals surface area contributed by atoms with E-state index in [-0.39, 0.29) is 5.91 Å². The monoisotopic (exact) mass is 319 g/mol. The van der Waals surface area contributed by atoms with Crippen molar-refractivity contribution in [3.63, 3.8) is 0 Å². The Morgan fingerprint density at radius 2 is 1.61 bits per heavy atom. The molecule has 1 heterocycles. The number of ether oxygens (including phenoxy) is 3. The quantitative estimate of drug-likeness (QED) is 0.782. The van der Waals surface area contributed by atoms with E-state index >= 15 is 0 Å². The lowest BCUT2D eigenvalue weighted by atomic mass is 10.1. The maximum absolute atomic E-state index is 12.3. The second-order valence-electron chi connectivity index (χ2n) is 5.50. The summed E-state index contributed by atoms with van der Waals surface area (Å²) < 4.78 is 16.0. The van der Waals surface area contributed by atoms with E-state index in [2.05, 4.69) is 0 Å². The van der Waals surface area contributed by atoms with Crippen LogP contribution < -0.4 is 14.2 Å². The van der Waals surface area contributed by atoms with E-state index in [9.17, 15) is 4.79 Å². The first-order valence-corrected chi connectivity index (χ1v) is 7.97. The van der Waals surface area contributed by atoms with Gasteiger partial charge >= 0.3 is 0 Å². The SMILES string of the molecule is COc1ccc(C=CC(=O)N2CCCCCC2)c(OC)c1OC. The van der Waals surface area contributed by atoms with Crippen molar-refractivity contribution < 1.29 is 19.0 Å². The smallest absolute Gasteiger partial charge is 0.246 e. The highest BCUT2D eigenvalue weighted by molar-refractivity contribution is 5.92. The fraction of sp³-hybridized carbons (Fsp3) is 0.500. The van der Waals surface area contributed by atoms with Gasteiger partial charge in [-0.05, 0) is 31.1 Å². The first-order valence-electron chi connectivity index (χ1n) is 7.97. The van der Waals surface area contributed by atoms with E-state index < -0.39 is 0 Å². The zero-order chi connectivity index (χ0) is 16.7. The van der Waals surface area contributed by atoms with Crippen LogP contribution in [-0.2, 0) is 4.79 Å². The van der Waals surface area contributed by atoms with Crippen molar-refractivity contribution in [2.75, 3.05) is 34.4 Å². The Bertz CT molecular complexity index is 560. The van der Waals surface area contributed by atoms with E-state index in [0.717, 1.165) is 31.5 Å². The Balaban J connectivity index is 2.19. The molecule has 2 rings (SSSR count). The molecule has 0 unspecified atom stereocenters. The molecule has 1 aromatic carbocycles. The van der Waals surface area contributed by atoms with E-state index in [0.29, 0.717) is 17.2 Å². The Morgan fingerprint density at radius 1 is 0.957 bits per heavy atom. The van der Waals surface area contributed by atoms with Gasteiger partial charge < -0.3 is 19.1 Å². The van der Waals surface area contributed by atoms with E-state index in [1.54, 1.807) is 39.5 Å². The molecule has 126 valence electrons. The summed E-state index contributed by atoms with van der Waals surface area (Å²) in [5.41, 5.74) is 0.785. The minimum atomic E-state index is 0.0451. The molecule has 0 bridgehead atoms. The van der Waals surface area contributed by atoms with Gasteiger partial charge in [0.1, 0.15) is 0 Å². The van der Waals surface area contributed by atoms with Gasteiger partial charge in [-0.3, -0.25) is 4.79 Å². The molecule has 1 fully saturated rings. The van der Waals surface area contributed by atoms with Crippen LogP contribution in [0.2, 0.25) is 0 Å². The predicted octanol–water partition coefficient (Wildman–Crippen LogP) is 3.13. The van der Waals surface area contributed by atoms with Gasteiger partial charge in [0.25, 0.3) is 0 Å². The van der Waals surface area contributed by atoms with Crippen molar-refractivity contribution in [2.24, 2.45) is 0 Å². The second-order valence-corrected chi connectivity index (χ2v) is 5.50. The molecule has 1 aromatic rings. The molecule has 1 saturated heterocycles. The molecule has 0 atom stereocenters. The average molecular weight is 319 g/mol. The molecular weight excluding hydrogens is 294 g/mol. The molecule has 0 N–H and O–H groups in total. The first kappa shape index (κ1) is 17.2. The summed E-state index contributed by atoms with van der Waals surface area (Å²) >= 11 is 0. The molecule has 0 radical (unpaired) electrons. The number of nitrogens with zero attached hydrogens (tertiary/aromatic N) is 1. The number of rotatable bonds is 5. The largest absolute Gasteiger partial charge is 0.493 e. The molecule has 5 nitrogen and oxygen atoms in total. The topological polar surface area (TPSA) is 48.0 Å². The van der Waals surface area contributed by atoms with Crippen LogP contribution in [0.5, 0.6) is 17.2 Å². The van der Waals surface area contributed by atoms with Gasteiger partial charge in [0, 0.05) is 24.7 Å². The highest BCUT2D eigenvalue weighted by atomic mass is 16.5. The third kappa shape index (κ3) is 4.18. The van der Waals surface area contributed by atoms with Crippen LogP contribution in [-0.4, -0.2) is 45.2 Å². The van der Waals surface area contributed by atoms with Gasteiger partial charge in [-0.2, -0.15) is 0 Å². The minimum absolute atomic E-state index is 0.0451. The number of methoxy groups -OCH3 is 3. The summed E-state index contributed by atoms with van der Waals surface area (Å²) in [5.74, 6) is 1.73. The first-order chi connectivity index (χ1) is 11.2. The lowest BCUT2D eigenvalue weighted by molar-refractivity contribution is -0.125. The van der Waals surface area contributed by atoms with Gasteiger partial charge in [-0.1, -0.05) is 12.8 Å². The maximum atomic E-state index is 12.3. The van der Waals surface area contributed by atoms with Crippen molar-refractivity contribution in [1.82, 2.24) is 4.90 Å². The third-order valence-electron chi connectivity index (χ3n) is 4.06. The predicted molar refractivity (Wildman–Crippen MR) is 90.2 cm³/mol. The van der Waals surface area contributed by atoms with Gasteiger partial charge in [0.2, 0.25) is 11.7 Å². The van der Waals surface area contributed by atoms with Crippen LogP contribution in [0.25, 0.3) is 6.08 Å². The number of carbonyl (C=O) groups is 1. The number of carbonyl (C=O) groups excluding carboxylic acids is 1. The molecular formula is C18H25NO4. The lowest BCUT2D eigenvalue weighted by Gasteiger charge is -2.18. The summed E-state index contributed by atoms with van der Waals surface area (Å²) in [6.45, 7) is 1.68. The molecule has 0 aromatic heterocycles. The molecule has 1 aliphatic heterocycles. The number of benzene rings is 1. The number of hydrogen-bond donors (Lipinski definition) is 0. The maximum Gasteiger partial charge on any atom is 0.246 e.